The molecule has 20 heavy (non-hydrogen) atoms. The molecule has 0 saturated carbocycles. The van der Waals surface area contributed by atoms with Crippen LogP contribution < -0.4 is 10.2 Å². The minimum atomic E-state index is -0.365. The van der Waals surface area contributed by atoms with Crippen molar-refractivity contribution in [1.82, 2.24) is 14.9 Å². The molecule has 0 radical (unpaired) electrons. The first-order valence-corrected chi connectivity index (χ1v) is 7.19. The first-order valence-electron chi connectivity index (χ1n) is 7.19. The third kappa shape index (κ3) is 2.77. The summed E-state index contributed by atoms with van der Waals surface area (Å²) in [6.45, 7) is 7.20. The van der Waals surface area contributed by atoms with Crippen LogP contribution in [-0.2, 0) is 6.54 Å². The smallest absolute Gasteiger partial charge is 0.358 e. The number of nitrogens with one attached hydrogen (secondary N) is 1. The van der Waals surface area contributed by atoms with Crippen molar-refractivity contribution in [2.45, 2.75) is 33.2 Å². The Morgan fingerprint density at radius 3 is 2.90 bits per heavy atom. The van der Waals surface area contributed by atoms with Gasteiger partial charge < -0.3 is 20.3 Å². The Bertz CT molecular complexity index is 483. The number of rotatable bonds is 5. The van der Waals surface area contributed by atoms with Gasteiger partial charge in [0.15, 0.2) is 0 Å². The van der Waals surface area contributed by atoms with Crippen LogP contribution >= 0.6 is 0 Å². The van der Waals surface area contributed by atoms with Crippen molar-refractivity contribution in [1.29, 1.82) is 0 Å². The molecular weight excluding hydrogens is 258 g/mol. The molecule has 0 aliphatic carbocycles. The van der Waals surface area contributed by atoms with Gasteiger partial charge in [0.1, 0.15) is 0 Å². The fraction of sp³-hybridized carbons (Fsp3) is 0.769. The van der Waals surface area contributed by atoms with Gasteiger partial charge in [-0.05, 0) is 49.2 Å². The van der Waals surface area contributed by atoms with Crippen molar-refractivity contribution in [2.75, 3.05) is 31.6 Å². The SMILES string of the molecule is CCn1c(C)nc([N+](=O)[O-])c1N1CCCC(CNC)C1. The number of hydrogen-bond donors (Lipinski definition) is 1. The zero-order valence-electron chi connectivity index (χ0n) is 12.4. The Balaban J connectivity index is 2.32. The van der Waals surface area contributed by atoms with Crippen molar-refractivity contribution >= 4 is 11.6 Å². The van der Waals surface area contributed by atoms with E-state index in [0.717, 1.165) is 26.1 Å². The molecular formula is C13H23N5O2. The molecule has 0 bridgehead atoms. The maximum Gasteiger partial charge on any atom is 0.406 e. The highest BCUT2D eigenvalue weighted by molar-refractivity contribution is 5.56. The van der Waals surface area contributed by atoms with Crippen LogP contribution in [0.2, 0.25) is 0 Å². The average molecular weight is 281 g/mol. The maximum absolute atomic E-state index is 11.2. The van der Waals surface area contributed by atoms with Crippen molar-refractivity contribution in [3.63, 3.8) is 0 Å². The van der Waals surface area contributed by atoms with Crippen molar-refractivity contribution in [2.24, 2.45) is 5.92 Å². The molecule has 0 amide bonds. The Hall–Kier alpha value is -1.63. The number of aryl methyl sites for hydroxylation is 1. The number of aromatic nitrogens is 2. The van der Waals surface area contributed by atoms with E-state index in [1.54, 1.807) is 0 Å². The summed E-state index contributed by atoms with van der Waals surface area (Å²) < 4.78 is 1.94. The molecule has 1 fully saturated rings. The second kappa shape index (κ2) is 6.21. The van der Waals surface area contributed by atoms with E-state index in [9.17, 15) is 10.1 Å². The van der Waals surface area contributed by atoms with Gasteiger partial charge in [-0.3, -0.25) is 4.57 Å². The Morgan fingerprint density at radius 2 is 2.30 bits per heavy atom. The Kier molecular flexibility index (Phi) is 4.59. The average Bonchev–Trinajstić information content (AvgIpc) is 2.76. The summed E-state index contributed by atoms with van der Waals surface area (Å²) in [6, 6.07) is 0. The Labute approximate surface area is 119 Å². The topological polar surface area (TPSA) is 76.2 Å². The standard InChI is InChI=1S/C13H23N5O2/c1-4-17-10(2)15-12(18(19)20)13(17)16-7-5-6-11(9-16)8-14-3/h11,14H,4-9H2,1-3H3. The minimum absolute atomic E-state index is 0.00513. The highest BCUT2D eigenvalue weighted by Gasteiger charge is 2.31. The van der Waals surface area contributed by atoms with Gasteiger partial charge in [-0.15, -0.1) is 0 Å². The van der Waals surface area contributed by atoms with Gasteiger partial charge in [0.2, 0.25) is 11.6 Å². The minimum Gasteiger partial charge on any atom is -0.358 e. The van der Waals surface area contributed by atoms with Gasteiger partial charge in [-0.25, -0.2) is 0 Å². The van der Waals surface area contributed by atoms with Crippen LogP contribution in [0, 0.1) is 23.0 Å². The van der Waals surface area contributed by atoms with Crippen LogP contribution in [0.4, 0.5) is 11.6 Å². The van der Waals surface area contributed by atoms with Gasteiger partial charge in [-0.2, -0.15) is 0 Å². The quantitative estimate of drug-likeness (QED) is 0.654. The lowest BCUT2D eigenvalue weighted by molar-refractivity contribution is -0.388. The van der Waals surface area contributed by atoms with Crippen molar-refractivity contribution in [3.8, 4) is 0 Å². The number of imidazole rings is 1. The van der Waals surface area contributed by atoms with Gasteiger partial charge in [0.05, 0.1) is 0 Å². The van der Waals surface area contributed by atoms with Gasteiger partial charge in [0.25, 0.3) is 0 Å². The van der Waals surface area contributed by atoms with E-state index in [0.29, 0.717) is 24.1 Å². The van der Waals surface area contributed by atoms with E-state index in [2.05, 4.69) is 15.2 Å². The highest BCUT2D eigenvalue weighted by Crippen LogP contribution is 2.32. The van der Waals surface area contributed by atoms with Crippen molar-refractivity contribution < 1.29 is 4.92 Å². The summed E-state index contributed by atoms with van der Waals surface area (Å²) in [6.07, 6.45) is 2.24. The summed E-state index contributed by atoms with van der Waals surface area (Å²) in [7, 11) is 1.95. The summed E-state index contributed by atoms with van der Waals surface area (Å²) in [5.41, 5.74) is 0. The van der Waals surface area contributed by atoms with E-state index in [4.69, 9.17) is 0 Å². The van der Waals surface area contributed by atoms with Crippen LogP contribution in [0.5, 0.6) is 0 Å². The van der Waals surface area contributed by atoms with Crippen LogP contribution in [0.3, 0.4) is 0 Å². The number of anilines is 1. The monoisotopic (exact) mass is 281 g/mol. The Morgan fingerprint density at radius 1 is 1.55 bits per heavy atom. The second-order valence-corrected chi connectivity index (χ2v) is 5.32. The van der Waals surface area contributed by atoms with Crippen LogP contribution in [0.25, 0.3) is 0 Å². The van der Waals surface area contributed by atoms with E-state index >= 15 is 0 Å². The molecule has 1 aromatic rings. The van der Waals surface area contributed by atoms with Crippen molar-refractivity contribution in [3.05, 3.63) is 15.9 Å². The van der Waals surface area contributed by atoms with Crippen LogP contribution in [0.1, 0.15) is 25.6 Å². The molecule has 1 atom stereocenters. The van der Waals surface area contributed by atoms with E-state index in [1.807, 2.05) is 25.5 Å². The zero-order chi connectivity index (χ0) is 14.7. The summed E-state index contributed by atoms with van der Waals surface area (Å²) in [5.74, 6) is 1.92. The molecule has 0 aromatic carbocycles. The molecule has 7 heteroatoms. The van der Waals surface area contributed by atoms with Gasteiger partial charge in [0, 0.05) is 26.6 Å². The largest absolute Gasteiger partial charge is 0.406 e. The van der Waals surface area contributed by atoms with E-state index in [1.165, 1.54) is 6.42 Å². The molecule has 112 valence electrons. The molecule has 1 saturated heterocycles. The number of hydrogen-bond acceptors (Lipinski definition) is 5. The zero-order valence-corrected chi connectivity index (χ0v) is 12.4. The predicted molar refractivity (Wildman–Crippen MR) is 78.2 cm³/mol. The lowest BCUT2D eigenvalue weighted by Crippen LogP contribution is -2.40. The predicted octanol–water partition coefficient (Wildman–Crippen LogP) is 1.56. The first kappa shape index (κ1) is 14.8. The number of nitro groups is 1. The third-order valence-corrected chi connectivity index (χ3v) is 3.91. The lowest BCUT2D eigenvalue weighted by Gasteiger charge is -2.33. The highest BCUT2D eigenvalue weighted by atomic mass is 16.6. The van der Waals surface area contributed by atoms with E-state index in [-0.39, 0.29) is 10.7 Å². The second-order valence-electron chi connectivity index (χ2n) is 5.32. The molecule has 2 rings (SSSR count). The fourth-order valence-electron chi connectivity index (χ4n) is 3.06. The molecule has 0 spiro atoms. The molecule has 1 aliphatic rings. The van der Waals surface area contributed by atoms with Crippen LogP contribution in [-0.4, -0.2) is 41.2 Å². The van der Waals surface area contributed by atoms with Gasteiger partial charge >= 0.3 is 5.82 Å². The fourth-order valence-corrected chi connectivity index (χ4v) is 3.06. The van der Waals surface area contributed by atoms with Crippen LogP contribution in [0.15, 0.2) is 0 Å². The van der Waals surface area contributed by atoms with Gasteiger partial charge in [-0.1, -0.05) is 0 Å². The molecule has 1 unspecified atom stereocenters. The molecule has 1 aliphatic heterocycles. The van der Waals surface area contributed by atoms with E-state index < -0.39 is 0 Å². The summed E-state index contributed by atoms with van der Waals surface area (Å²) >= 11 is 0. The molecule has 1 N–H and O–H groups in total. The first-order chi connectivity index (χ1) is 9.58. The molecule has 1 aromatic heterocycles. The normalized spacial score (nSPS) is 19.4. The molecule has 2 heterocycles. The maximum atomic E-state index is 11.2. The third-order valence-electron chi connectivity index (χ3n) is 3.91. The summed E-state index contributed by atoms with van der Waals surface area (Å²) in [4.78, 5) is 17.1. The number of piperidine rings is 1. The molecule has 7 nitrogen and oxygen atoms in total. The number of nitrogens with zero attached hydrogens (tertiary/aromatic N) is 4. The summed E-state index contributed by atoms with van der Waals surface area (Å²) in [5, 5.41) is 14.4. The lowest BCUT2D eigenvalue weighted by atomic mass is 9.98.